The van der Waals surface area contributed by atoms with Gasteiger partial charge >= 0.3 is 5.97 Å². The molecule has 0 N–H and O–H groups in total. The van der Waals surface area contributed by atoms with E-state index in [0.717, 1.165) is 36.7 Å². The molecule has 3 nitrogen and oxygen atoms in total. The van der Waals surface area contributed by atoms with Crippen molar-refractivity contribution in [3.63, 3.8) is 0 Å². The number of rotatable bonds is 7. The van der Waals surface area contributed by atoms with Crippen LogP contribution in [-0.2, 0) is 14.3 Å². The summed E-state index contributed by atoms with van der Waals surface area (Å²) in [6.07, 6.45) is 9.42. The van der Waals surface area contributed by atoms with Crippen LogP contribution in [0.1, 0.15) is 33.1 Å². The first-order valence-electron chi connectivity index (χ1n) is 7.69. The zero-order valence-electron chi connectivity index (χ0n) is 12.6. The predicted molar refractivity (Wildman–Crippen MR) is 79.2 cm³/mol. The maximum atomic E-state index is 11.0. The molecule has 2 aliphatic rings. The molecule has 0 heterocycles. The normalized spacial score (nSPS) is 32.9. The molecule has 0 saturated heterocycles. The van der Waals surface area contributed by atoms with Gasteiger partial charge in [-0.3, -0.25) is 0 Å². The van der Waals surface area contributed by atoms with Gasteiger partial charge in [0.15, 0.2) is 0 Å². The van der Waals surface area contributed by atoms with Crippen molar-refractivity contribution in [2.45, 2.75) is 39.2 Å². The number of hydrogen-bond acceptors (Lipinski definition) is 3. The Hall–Kier alpha value is -1.09. The van der Waals surface area contributed by atoms with E-state index in [2.05, 4.69) is 25.7 Å². The predicted octanol–water partition coefficient (Wildman–Crippen LogP) is 3.36. The minimum absolute atomic E-state index is 0.205. The minimum atomic E-state index is -0.384. The summed E-state index contributed by atoms with van der Waals surface area (Å²) < 4.78 is 10.7. The molecule has 2 rings (SSSR count). The number of carbonyl (C=O) groups excluding carboxylic acids is 1. The van der Waals surface area contributed by atoms with Crippen molar-refractivity contribution >= 4 is 5.97 Å². The highest BCUT2D eigenvalue weighted by molar-refractivity contribution is 5.81. The van der Waals surface area contributed by atoms with Gasteiger partial charge in [0.25, 0.3) is 0 Å². The van der Waals surface area contributed by atoms with Gasteiger partial charge in [-0.05, 0) is 49.9 Å². The fourth-order valence-electron chi connectivity index (χ4n) is 3.72. The Morgan fingerprint density at radius 1 is 1.55 bits per heavy atom. The van der Waals surface area contributed by atoms with Gasteiger partial charge in [0.05, 0.1) is 6.61 Å². The van der Waals surface area contributed by atoms with Gasteiger partial charge in [-0.25, -0.2) is 4.79 Å². The van der Waals surface area contributed by atoms with Crippen LogP contribution < -0.4 is 0 Å². The van der Waals surface area contributed by atoms with Gasteiger partial charge in [-0.1, -0.05) is 25.7 Å². The van der Waals surface area contributed by atoms with Crippen LogP contribution in [0, 0.1) is 23.7 Å². The lowest BCUT2D eigenvalue weighted by Crippen LogP contribution is -2.20. The van der Waals surface area contributed by atoms with E-state index >= 15 is 0 Å². The van der Waals surface area contributed by atoms with Crippen molar-refractivity contribution in [1.29, 1.82) is 0 Å². The zero-order chi connectivity index (χ0) is 14.5. The van der Waals surface area contributed by atoms with Crippen molar-refractivity contribution in [2.75, 3.05) is 13.2 Å². The molecule has 20 heavy (non-hydrogen) atoms. The van der Waals surface area contributed by atoms with Crippen LogP contribution in [0.2, 0.25) is 0 Å². The van der Waals surface area contributed by atoms with Crippen molar-refractivity contribution in [1.82, 2.24) is 0 Å². The molecular weight excluding hydrogens is 252 g/mol. The van der Waals surface area contributed by atoms with E-state index in [1.54, 1.807) is 0 Å². The average Bonchev–Trinajstić information content (AvgIpc) is 3.00. The third-order valence-electron chi connectivity index (χ3n) is 4.67. The molecule has 0 spiro atoms. The Morgan fingerprint density at radius 2 is 2.35 bits per heavy atom. The molecule has 0 aliphatic heterocycles. The molecular formula is C17H26O3. The fraction of sp³-hybridized carbons (Fsp3) is 0.706. The van der Waals surface area contributed by atoms with E-state index in [9.17, 15) is 4.79 Å². The van der Waals surface area contributed by atoms with Gasteiger partial charge in [0.2, 0.25) is 0 Å². The molecule has 5 atom stereocenters. The number of esters is 1. The quantitative estimate of drug-likeness (QED) is 0.310. The lowest BCUT2D eigenvalue weighted by Gasteiger charge is -2.19. The summed E-state index contributed by atoms with van der Waals surface area (Å²) in [7, 11) is 0. The molecule has 2 aliphatic carbocycles. The summed E-state index contributed by atoms with van der Waals surface area (Å²) in [4.78, 5) is 11.0. The van der Waals surface area contributed by atoms with Crippen molar-refractivity contribution in [2.24, 2.45) is 23.7 Å². The lowest BCUT2D eigenvalue weighted by atomic mass is 9.88. The molecule has 112 valence electrons. The summed E-state index contributed by atoms with van der Waals surface area (Å²) in [5.41, 5.74) is 0. The van der Waals surface area contributed by atoms with Gasteiger partial charge in [0.1, 0.15) is 6.10 Å². The first-order valence-corrected chi connectivity index (χ1v) is 7.69. The largest absolute Gasteiger partial charge is 0.457 e. The van der Waals surface area contributed by atoms with E-state index in [1.807, 2.05) is 6.92 Å². The molecule has 1 fully saturated rings. The highest BCUT2D eigenvalue weighted by Gasteiger charge is 2.40. The van der Waals surface area contributed by atoms with E-state index < -0.39 is 0 Å². The van der Waals surface area contributed by atoms with E-state index in [4.69, 9.17) is 9.47 Å². The third-order valence-corrected chi connectivity index (χ3v) is 4.67. The highest BCUT2D eigenvalue weighted by atomic mass is 16.6. The van der Waals surface area contributed by atoms with Crippen LogP contribution in [0.25, 0.3) is 0 Å². The maximum Gasteiger partial charge on any atom is 0.330 e. The first kappa shape index (κ1) is 15.3. The summed E-state index contributed by atoms with van der Waals surface area (Å²) in [5.74, 6) is 2.86. The molecule has 0 bridgehead atoms. The van der Waals surface area contributed by atoms with Crippen LogP contribution in [0.15, 0.2) is 24.8 Å². The van der Waals surface area contributed by atoms with Crippen molar-refractivity contribution in [3.05, 3.63) is 24.8 Å². The van der Waals surface area contributed by atoms with Crippen molar-refractivity contribution < 1.29 is 14.3 Å². The highest BCUT2D eigenvalue weighted by Crippen LogP contribution is 2.48. The molecule has 0 aromatic heterocycles. The SMILES string of the molecule is C=CC(=O)OC(C)COCCC1CC(C)C2C=CCC12. The molecule has 0 amide bonds. The van der Waals surface area contributed by atoms with Crippen molar-refractivity contribution in [3.8, 4) is 0 Å². The smallest absolute Gasteiger partial charge is 0.330 e. The molecule has 0 aromatic rings. The summed E-state index contributed by atoms with van der Waals surface area (Å²) >= 11 is 0. The summed E-state index contributed by atoms with van der Waals surface area (Å²) in [5, 5.41) is 0. The van der Waals surface area contributed by atoms with Gasteiger partial charge in [-0.2, -0.15) is 0 Å². The molecule has 0 aromatic carbocycles. The molecule has 1 saturated carbocycles. The number of allylic oxidation sites excluding steroid dienone is 2. The monoisotopic (exact) mass is 278 g/mol. The summed E-state index contributed by atoms with van der Waals surface area (Å²) in [6, 6.07) is 0. The average molecular weight is 278 g/mol. The third kappa shape index (κ3) is 3.72. The van der Waals surface area contributed by atoms with Crippen LogP contribution in [-0.4, -0.2) is 25.3 Å². The Bertz CT molecular complexity index is 374. The van der Waals surface area contributed by atoms with Crippen LogP contribution in [0.5, 0.6) is 0 Å². The first-order chi connectivity index (χ1) is 9.61. The molecule has 3 heteroatoms. The standard InChI is InChI=1S/C17H26O3/c1-4-17(18)20-13(3)11-19-9-8-14-10-12(2)15-6-5-7-16(14)15/h4-6,12-16H,1,7-11H2,2-3H3. The van der Waals surface area contributed by atoms with Crippen LogP contribution >= 0.6 is 0 Å². The maximum absolute atomic E-state index is 11.0. The second-order valence-corrected chi connectivity index (χ2v) is 6.19. The number of hydrogen-bond donors (Lipinski definition) is 0. The Kier molecular flexibility index (Phi) is 5.41. The van der Waals surface area contributed by atoms with E-state index in [1.165, 1.54) is 18.9 Å². The fourth-order valence-corrected chi connectivity index (χ4v) is 3.72. The Labute approximate surface area is 122 Å². The second kappa shape index (κ2) is 7.07. The summed E-state index contributed by atoms with van der Waals surface area (Å²) in [6.45, 7) is 8.82. The lowest BCUT2D eigenvalue weighted by molar-refractivity contribution is -0.145. The van der Waals surface area contributed by atoms with E-state index in [0.29, 0.717) is 6.61 Å². The van der Waals surface area contributed by atoms with Gasteiger partial charge in [0, 0.05) is 12.7 Å². The van der Waals surface area contributed by atoms with Gasteiger partial charge in [-0.15, -0.1) is 0 Å². The van der Waals surface area contributed by atoms with E-state index in [-0.39, 0.29) is 12.1 Å². The Morgan fingerprint density at radius 3 is 3.10 bits per heavy atom. The molecule has 5 unspecified atom stereocenters. The zero-order valence-corrected chi connectivity index (χ0v) is 12.6. The minimum Gasteiger partial charge on any atom is -0.457 e. The Balaban J connectivity index is 1.62. The van der Waals surface area contributed by atoms with Gasteiger partial charge < -0.3 is 9.47 Å². The van der Waals surface area contributed by atoms with Crippen LogP contribution in [0.4, 0.5) is 0 Å². The second-order valence-electron chi connectivity index (χ2n) is 6.19. The van der Waals surface area contributed by atoms with Crippen LogP contribution in [0.3, 0.4) is 0 Å². The number of fused-ring (bicyclic) bond motifs is 1. The number of ether oxygens (including phenoxy) is 2. The molecule has 0 radical (unpaired) electrons. The topological polar surface area (TPSA) is 35.5 Å². The number of carbonyl (C=O) groups is 1.